The van der Waals surface area contributed by atoms with Crippen LogP contribution >= 0.6 is 0 Å². The number of aromatic nitrogens is 4. The first-order valence-corrected chi connectivity index (χ1v) is 7.44. The number of imidazole rings is 1. The Morgan fingerprint density at radius 3 is 2.62 bits per heavy atom. The van der Waals surface area contributed by atoms with Gasteiger partial charge in [-0.2, -0.15) is 0 Å². The summed E-state index contributed by atoms with van der Waals surface area (Å²) < 4.78 is 7.16. The Labute approximate surface area is 138 Å². The van der Waals surface area contributed by atoms with Crippen LogP contribution in [0, 0.1) is 0 Å². The largest absolute Gasteiger partial charge is 0.497 e. The molecular formula is C18H15N5O. The van der Waals surface area contributed by atoms with Crippen LogP contribution in [0.5, 0.6) is 5.75 Å². The van der Waals surface area contributed by atoms with Gasteiger partial charge in [0.1, 0.15) is 11.4 Å². The van der Waals surface area contributed by atoms with E-state index in [1.165, 1.54) is 0 Å². The van der Waals surface area contributed by atoms with Gasteiger partial charge in [0.25, 0.3) is 0 Å². The number of hydrogen-bond donors (Lipinski definition) is 1. The Morgan fingerprint density at radius 2 is 1.83 bits per heavy atom. The number of rotatable bonds is 3. The molecule has 0 bridgehead atoms. The average molecular weight is 317 g/mol. The number of nitrogens with zero attached hydrogens (tertiary/aromatic N) is 4. The van der Waals surface area contributed by atoms with E-state index in [1.807, 2.05) is 40.8 Å². The molecule has 24 heavy (non-hydrogen) atoms. The molecule has 0 saturated heterocycles. The number of methoxy groups -OCH3 is 1. The molecule has 3 aromatic heterocycles. The Balaban J connectivity index is 1.96. The van der Waals surface area contributed by atoms with Gasteiger partial charge in [0.05, 0.1) is 19.0 Å². The molecule has 0 unspecified atom stereocenters. The van der Waals surface area contributed by atoms with Crippen LogP contribution in [0.25, 0.3) is 28.0 Å². The molecule has 0 amide bonds. The van der Waals surface area contributed by atoms with E-state index in [-0.39, 0.29) is 0 Å². The zero-order valence-electron chi connectivity index (χ0n) is 13.0. The second-order valence-electron chi connectivity index (χ2n) is 5.30. The van der Waals surface area contributed by atoms with Crippen molar-refractivity contribution in [3.8, 4) is 28.1 Å². The maximum absolute atomic E-state index is 6.12. The maximum Gasteiger partial charge on any atom is 0.206 e. The number of hydrogen-bond acceptors (Lipinski definition) is 5. The van der Waals surface area contributed by atoms with Crippen molar-refractivity contribution < 1.29 is 4.74 Å². The summed E-state index contributed by atoms with van der Waals surface area (Å²) in [5.74, 6) is 1.16. The highest BCUT2D eigenvalue weighted by Gasteiger charge is 2.14. The number of anilines is 1. The summed E-state index contributed by atoms with van der Waals surface area (Å²) in [7, 11) is 1.64. The SMILES string of the molecule is COc1cccc(-c2cnc3c(-c4ccncc4)cnc(N)n23)c1. The molecule has 0 aliphatic heterocycles. The molecule has 3 heterocycles. The molecule has 0 aliphatic carbocycles. The van der Waals surface area contributed by atoms with E-state index in [9.17, 15) is 0 Å². The molecular weight excluding hydrogens is 302 g/mol. The van der Waals surface area contributed by atoms with E-state index >= 15 is 0 Å². The lowest BCUT2D eigenvalue weighted by atomic mass is 10.1. The highest BCUT2D eigenvalue weighted by atomic mass is 16.5. The Morgan fingerprint density at radius 1 is 1.00 bits per heavy atom. The molecule has 0 saturated carbocycles. The number of benzene rings is 1. The molecule has 6 nitrogen and oxygen atoms in total. The van der Waals surface area contributed by atoms with Crippen LogP contribution in [0.4, 0.5) is 5.95 Å². The monoisotopic (exact) mass is 317 g/mol. The van der Waals surface area contributed by atoms with E-state index in [1.54, 1.807) is 31.9 Å². The average Bonchev–Trinajstić information content (AvgIpc) is 3.09. The first kappa shape index (κ1) is 14.2. The van der Waals surface area contributed by atoms with E-state index in [0.717, 1.165) is 33.8 Å². The van der Waals surface area contributed by atoms with Crippen LogP contribution in [-0.2, 0) is 0 Å². The van der Waals surface area contributed by atoms with Crippen molar-refractivity contribution in [3.63, 3.8) is 0 Å². The van der Waals surface area contributed by atoms with Gasteiger partial charge in [-0.15, -0.1) is 0 Å². The van der Waals surface area contributed by atoms with Gasteiger partial charge in [-0.05, 0) is 29.8 Å². The topological polar surface area (TPSA) is 78.3 Å². The molecule has 0 fully saturated rings. The zero-order chi connectivity index (χ0) is 16.5. The molecule has 118 valence electrons. The maximum atomic E-state index is 6.12. The van der Waals surface area contributed by atoms with Gasteiger partial charge in [0.2, 0.25) is 5.95 Å². The fraction of sp³-hybridized carbons (Fsp3) is 0.0556. The van der Waals surface area contributed by atoms with Crippen LogP contribution in [0.2, 0.25) is 0 Å². The smallest absolute Gasteiger partial charge is 0.206 e. The van der Waals surface area contributed by atoms with Crippen molar-refractivity contribution in [2.24, 2.45) is 0 Å². The van der Waals surface area contributed by atoms with Crippen LogP contribution in [-0.4, -0.2) is 26.5 Å². The van der Waals surface area contributed by atoms with E-state index in [0.29, 0.717) is 5.95 Å². The van der Waals surface area contributed by atoms with Crippen molar-refractivity contribution >= 4 is 11.6 Å². The molecule has 6 heteroatoms. The van der Waals surface area contributed by atoms with Crippen molar-refractivity contribution in [2.75, 3.05) is 12.8 Å². The van der Waals surface area contributed by atoms with E-state index < -0.39 is 0 Å². The normalized spacial score (nSPS) is 10.9. The van der Waals surface area contributed by atoms with Crippen LogP contribution in [0.15, 0.2) is 61.2 Å². The predicted molar refractivity (Wildman–Crippen MR) is 92.6 cm³/mol. The first-order valence-electron chi connectivity index (χ1n) is 7.44. The highest BCUT2D eigenvalue weighted by molar-refractivity contribution is 5.80. The predicted octanol–water partition coefficient (Wildman–Crippen LogP) is 3.05. The van der Waals surface area contributed by atoms with Gasteiger partial charge in [0.15, 0.2) is 0 Å². The Hall–Kier alpha value is -3.41. The van der Waals surface area contributed by atoms with Crippen molar-refractivity contribution in [2.45, 2.75) is 0 Å². The summed E-state index contributed by atoms with van der Waals surface area (Å²) in [5.41, 5.74) is 10.6. The highest BCUT2D eigenvalue weighted by Crippen LogP contribution is 2.30. The minimum Gasteiger partial charge on any atom is -0.497 e. The lowest BCUT2D eigenvalue weighted by molar-refractivity contribution is 0.415. The second-order valence-corrected chi connectivity index (χ2v) is 5.30. The third-order valence-electron chi connectivity index (χ3n) is 3.91. The van der Waals surface area contributed by atoms with Crippen molar-refractivity contribution in [1.82, 2.24) is 19.4 Å². The van der Waals surface area contributed by atoms with Gasteiger partial charge in [-0.25, -0.2) is 9.97 Å². The lowest BCUT2D eigenvalue weighted by Crippen LogP contribution is -2.03. The molecule has 4 aromatic rings. The third kappa shape index (κ3) is 2.25. The van der Waals surface area contributed by atoms with Gasteiger partial charge >= 0.3 is 0 Å². The molecule has 0 radical (unpaired) electrons. The zero-order valence-corrected chi connectivity index (χ0v) is 13.0. The van der Waals surface area contributed by atoms with Crippen molar-refractivity contribution in [3.05, 3.63) is 61.2 Å². The number of nitrogen functional groups attached to an aromatic ring is 1. The first-order chi connectivity index (χ1) is 11.8. The van der Waals surface area contributed by atoms with Crippen LogP contribution < -0.4 is 10.5 Å². The minimum absolute atomic E-state index is 0.387. The quantitative estimate of drug-likeness (QED) is 0.628. The minimum atomic E-state index is 0.387. The van der Waals surface area contributed by atoms with Gasteiger partial charge in [0, 0.05) is 29.7 Å². The fourth-order valence-corrected chi connectivity index (χ4v) is 2.74. The molecule has 1 aromatic carbocycles. The lowest BCUT2D eigenvalue weighted by Gasteiger charge is -2.09. The van der Waals surface area contributed by atoms with E-state index in [4.69, 9.17) is 10.5 Å². The molecule has 0 spiro atoms. The van der Waals surface area contributed by atoms with Crippen molar-refractivity contribution in [1.29, 1.82) is 0 Å². The summed E-state index contributed by atoms with van der Waals surface area (Å²) in [6, 6.07) is 11.6. The number of ether oxygens (including phenoxy) is 1. The molecule has 0 atom stereocenters. The molecule has 4 rings (SSSR count). The van der Waals surface area contributed by atoms with Gasteiger partial charge < -0.3 is 10.5 Å². The standard InChI is InChI=1S/C18H15N5O/c1-24-14-4-2-3-13(9-14)16-11-21-17-15(10-22-18(19)23(16)17)12-5-7-20-8-6-12/h2-11H,1H3,(H2,19,22). The van der Waals surface area contributed by atoms with Crippen LogP contribution in [0.1, 0.15) is 0 Å². The van der Waals surface area contributed by atoms with E-state index in [2.05, 4.69) is 15.0 Å². The Kier molecular flexibility index (Phi) is 3.35. The Bertz CT molecular complexity index is 1010. The fourth-order valence-electron chi connectivity index (χ4n) is 2.74. The summed E-state index contributed by atoms with van der Waals surface area (Å²) in [6.07, 6.45) is 7.03. The molecule has 0 aliphatic rings. The number of pyridine rings is 1. The summed E-state index contributed by atoms with van der Waals surface area (Å²) >= 11 is 0. The molecule has 2 N–H and O–H groups in total. The third-order valence-corrected chi connectivity index (χ3v) is 3.91. The second kappa shape index (κ2) is 5.66. The summed E-state index contributed by atoms with van der Waals surface area (Å²) in [5, 5.41) is 0. The number of fused-ring (bicyclic) bond motifs is 1. The summed E-state index contributed by atoms with van der Waals surface area (Å²) in [4.78, 5) is 13.0. The van der Waals surface area contributed by atoms with Crippen LogP contribution in [0.3, 0.4) is 0 Å². The van der Waals surface area contributed by atoms with Gasteiger partial charge in [-0.3, -0.25) is 9.38 Å². The van der Waals surface area contributed by atoms with Gasteiger partial charge in [-0.1, -0.05) is 12.1 Å². The summed E-state index contributed by atoms with van der Waals surface area (Å²) in [6.45, 7) is 0. The number of nitrogens with two attached hydrogens (primary N) is 1.